The summed E-state index contributed by atoms with van der Waals surface area (Å²) in [5.41, 5.74) is 2.23. The number of rotatable bonds is 4. The third-order valence-electron chi connectivity index (χ3n) is 3.54. The first kappa shape index (κ1) is 14.2. The summed E-state index contributed by atoms with van der Waals surface area (Å²) in [6.45, 7) is 3.27. The fraction of sp³-hybridized carbons (Fsp3) is 0.467. The van der Waals surface area contributed by atoms with Crippen molar-refractivity contribution in [3.63, 3.8) is 0 Å². The van der Waals surface area contributed by atoms with Gasteiger partial charge in [0.15, 0.2) is 0 Å². The van der Waals surface area contributed by atoms with Crippen LogP contribution < -0.4 is 5.32 Å². The molecule has 20 heavy (non-hydrogen) atoms. The molecular formula is C15H18BrN3S. The summed E-state index contributed by atoms with van der Waals surface area (Å²) in [7, 11) is 0. The van der Waals surface area contributed by atoms with E-state index in [1.54, 1.807) is 11.3 Å². The predicted molar refractivity (Wildman–Crippen MR) is 87.0 cm³/mol. The van der Waals surface area contributed by atoms with Crippen LogP contribution in [0.2, 0.25) is 0 Å². The fourth-order valence-electron chi connectivity index (χ4n) is 2.55. The van der Waals surface area contributed by atoms with E-state index in [4.69, 9.17) is 4.98 Å². The highest BCUT2D eigenvalue weighted by Crippen LogP contribution is 2.36. The van der Waals surface area contributed by atoms with Crippen molar-refractivity contribution >= 4 is 27.3 Å². The number of hydrogen-bond acceptors (Lipinski definition) is 4. The summed E-state index contributed by atoms with van der Waals surface area (Å²) in [6.07, 6.45) is 6.61. The summed E-state index contributed by atoms with van der Waals surface area (Å²) in [5, 5.41) is 4.67. The summed E-state index contributed by atoms with van der Waals surface area (Å²) in [6, 6.07) is 4.48. The molecule has 2 aromatic heterocycles. The van der Waals surface area contributed by atoms with Gasteiger partial charge in [0.25, 0.3) is 0 Å². The Kier molecular flexibility index (Phi) is 4.48. The molecule has 2 heterocycles. The van der Waals surface area contributed by atoms with E-state index >= 15 is 0 Å². The molecule has 0 aromatic carbocycles. The van der Waals surface area contributed by atoms with E-state index < -0.39 is 0 Å². The Balaban J connectivity index is 1.88. The first-order valence-electron chi connectivity index (χ1n) is 7.13. The molecule has 0 saturated heterocycles. The smallest absolute Gasteiger partial charge is 0.142 e. The minimum absolute atomic E-state index is 0.430. The Bertz CT molecular complexity index is 579. The van der Waals surface area contributed by atoms with Crippen molar-refractivity contribution in [3.05, 3.63) is 33.4 Å². The van der Waals surface area contributed by atoms with Crippen molar-refractivity contribution < 1.29 is 0 Å². The van der Waals surface area contributed by atoms with E-state index in [2.05, 4.69) is 33.2 Å². The normalized spacial score (nSPS) is 18.0. The van der Waals surface area contributed by atoms with Crippen LogP contribution in [-0.4, -0.2) is 16.5 Å². The monoisotopic (exact) mass is 351 g/mol. The van der Waals surface area contributed by atoms with E-state index in [-0.39, 0.29) is 0 Å². The molecule has 1 N–H and O–H groups in total. The Hall–Kier alpha value is -0.780. The lowest BCUT2D eigenvalue weighted by molar-refractivity contribution is 0.454. The summed E-state index contributed by atoms with van der Waals surface area (Å²) in [5.74, 6) is 0. The number of hydrogen-bond donors (Lipinski definition) is 1. The first-order chi connectivity index (χ1) is 9.78. The number of aryl methyl sites for hydroxylation is 1. The number of nitrogens with zero attached hydrogens (tertiary/aromatic N) is 2. The maximum absolute atomic E-state index is 4.86. The lowest BCUT2D eigenvalue weighted by atomic mass is 9.97. The number of fused-ring (bicyclic) bond motifs is 1. The number of aromatic nitrogens is 2. The molecule has 0 saturated carbocycles. The SMILES string of the molecule is CCCNC1CCCc2sc(-c3ccc(Br)cn3)nc21. The lowest BCUT2D eigenvalue weighted by Gasteiger charge is -2.22. The van der Waals surface area contributed by atoms with Gasteiger partial charge in [-0.3, -0.25) is 4.98 Å². The minimum Gasteiger partial charge on any atom is -0.309 e. The quantitative estimate of drug-likeness (QED) is 0.889. The first-order valence-corrected chi connectivity index (χ1v) is 8.73. The lowest BCUT2D eigenvalue weighted by Crippen LogP contribution is -2.25. The molecular weight excluding hydrogens is 334 g/mol. The molecule has 0 aliphatic heterocycles. The molecule has 1 atom stereocenters. The van der Waals surface area contributed by atoms with E-state index in [1.807, 2.05) is 18.3 Å². The van der Waals surface area contributed by atoms with Crippen LogP contribution in [-0.2, 0) is 6.42 Å². The Labute approximate surface area is 132 Å². The van der Waals surface area contributed by atoms with Crippen molar-refractivity contribution in [2.75, 3.05) is 6.54 Å². The second kappa shape index (κ2) is 6.33. The Morgan fingerprint density at radius 2 is 2.35 bits per heavy atom. The highest BCUT2D eigenvalue weighted by atomic mass is 79.9. The molecule has 3 nitrogen and oxygen atoms in total. The number of thiazole rings is 1. The molecule has 106 valence electrons. The zero-order chi connectivity index (χ0) is 13.9. The second-order valence-corrected chi connectivity index (χ2v) is 7.09. The van der Waals surface area contributed by atoms with Crippen LogP contribution >= 0.6 is 27.3 Å². The van der Waals surface area contributed by atoms with Crippen molar-refractivity contribution in [2.45, 2.75) is 38.6 Å². The van der Waals surface area contributed by atoms with Gasteiger partial charge in [0.2, 0.25) is 0 Å². The zero-order valence-corrected chi connectivity index (χ0v) is 13.9. The average Bonchev–Trinajstić information content (AvgIpc) is 2.90. The van der Waals surface area contributed by atoms with Gasteiger partial charge in [-0.2, -0.15) is 0 Å². The second-order valence-electron chi connectivity index (χ2n) is 5.09. The molecule has 2 aromatic rings. The van der Waals surface area contributed by atoms with Crippen molar-refractivity contribution in [1.82, 2.24) is 15.3 Å². The van der Waals surface area contributed by atoms with Gasteiger partial charge in [-0.15, -0.1) is 11.3 Å². The number of pyridine rings is 1. The van der Waals surface area contributed by atoms with Crippen LogP contribution in [0.5, 0.6) is 0 Å². The van der Waals surface area contributed by atoms with Crippen molar-refractivity contribution in [3.8, 4) is 10.7 Å². The van der Waals surface area contributed by atoms with Crippen LogP contribution in [0.1, 0.15) is 42.8 Å². The molecule has 0 amide bonds. The van der Waals surface area contributed by atoms with Gasteiger partial charge < -0.3 is 5.32 Å². The van der Waals surface area contributed by atoms with Gasteiger partial charge >= 0.3 is 0 Å². The zero-order valence-electron chi connectivity index (χ0n) is 11.5. The van der Waals surface area contributed by atoms with Crippen LogP contribution in [0.4, 0.5) is 0 Å². The Morgan fingerprint density at radius 3 is 3.10 bits per heavy atom. The molecule has 3 rings (SSSR count). The molecule has 0 fully saturated rings. The van der Waals surface area contributed by atoms with Gasteiger partial charge in [0.05, 0.1) is 17.4 Å². The third kappa shape index (κ3) is 2.95. The highest BCUT2D eigenvalue weighted by molar-refractivity contribution is 9.10. The van der Waals surface area contributed by atoms with Gasteiger partial charge in [-0.1, -0.05) is 6.92 Å². The molecule has 0 radical (unpaired) electrons. The van der Waals surface area contributed by atoms with Gasteiger partial charge in [-0.25, -0.2) is 4.98 Å². The molecule has 1 aliphatic carbocycles. The third-order valence-corrected chi connectivity index (χ3v) is 5.16. The summed E-state index contributed by atoms with van der Waals surface area (Å²) >= 11 is 5.23. The highest BCUT2D eigenvalue weighted by Gasteiger charge is 2.24. The molecule has 1 unspecified atom stereocenters. The molecule has 0 bridgehead atoms. The average molecular weight is 352 g/mol. The topological polar surface area (TPSA) is 37.8 Å². The van der Waals surface area contributed by atoms with E-state index in [0.717, 1.165) is 34.6 Å². The van der Waals surface area contributed by atoms with Crippen molar-refractivity contribution in [2.24, 2.45) is 0 Å². The van der Waals surface area contributed by atoms with E-state index in [1.165, 1.54) is 23.4 Å². The van der Waals surface area contributed by atoms with E-state index in [9.17, 15) is 0 Å². The van der Waals surface area contributed by atoms with Crippen LogP contribution in [0.3, 0.4) is 0 Å². The maximum atomic E-state index is 4.86. The number of halogens is 1. The van der Waals surface area contributed by atoms with E-state index in [0.29, 0.717) is 6.04 Å². The van der Waals surface area contributed by atoms with Crippen molar-refractivity contribution in [1.29, 1.82) is 0 Å². The standard InChI is InChI=1S/C15H18BrN3S/c1-2-8-17-11-4-3-5-13-14(11)19-15(20-13)12-7-6-10(16)9-18-12/h6-7,9,11,17H,2-5,8H2,1H3. The summed E-state index contributed by atoms with van der Waals surface area (Å²) < 4.78 is 1.00. The van der Waals surface area contributed by atoms with Crippen LogP contribution in [0.25, 0.3) is 10.7 Å². The molecule has 5 heteroatoms. The van der Waals surface area contributed by atoms with Gasteiger partial charge in [0, 0.05) is 15.5 Å². The predicted octanol–water partition coefficient (Wildman–Crippen LogP) is 4.34. The fourth-order valence-corrected chi connectivity index (χ4v) is 3.92. The van der Waals surface area contributed by atoms with Crippen LogP contribution in [0.15, 0.2) is 22.8 Å². The summed E-state index contributed by atoms with van der Waals surface area (Å²) in [4.78, 5) is 10.8. The van der Waals surface area contributed by atoms with Crippen LogP contribution in [0, 0.1) is 0 Å². The largest absolute Gasteiger partial charge is 0.309 e. The molecule has 0 spiro atoms. The van der Waals surface area contributed by atoms with Gasteiger partial charge in [-0.05, 0) is 60.3 Å². The minimum atomic E-state index is 0.430. The maximum Gasteiger partial charge on any atom is 0.142 e. The molecule has 1 aliphatic rings. The Morgan fingerprint density at radius 1 is 1.45 bits per heavy atom. The number of nitrogens with one attached hydrogen (secondary N) is 1. The van der Waals surface area contributed by atoms with Gasteiger partial charge in [0.1, 0.15) is 5.01 Å².